The van der Waals surface area contributed by atoms with Gasteiger partial charge in [0.2, 0.25) is 0 Å². The minimum Gasteiger partial charge on any atom is -0.396 e. The molecule has 0 aliphatic heterocycles. The molecular formula is C13H16FN3O2S. The molecule has 2 N–H and O–H groups in total. The summed E-state index contributed by atoms with van der Waals surface area (Å²) in [4.78, 5) is 0. The zero-order valence-electron chi connectivity index (χ0n) is 11.3. The Hall–Kier alpha value is -1.89. The third-order valence-corrected chi connectivity index (χ3v) is 3.85. The highest BCUT2D eigenvalue weighted by atomic mass is 32.2. The zero-order valence-corrected chi connectivity index (χ0v) is 12.1. The fourth-order valence-electron chi connectivity index (χ4n) is 1.78. The maximum Gasteiger partial charge on any atom is 0.149 e. The van der Waals surface area contributed by atoms with Crippen molar-refractivity contribution in [2.75, 3.05) is 17.7 Å². The van der Waals surface area contributed by atoms with Crippen molar-refractivity contribution in [1.29, 1.82) is 0 Å². The maximum absolute atomic E-state index is 13.6. The number of aromatic nitrogens is 2. The van der Waals surface area contributed by atoms with Crippen LogP contribution in [0.1, 0.15) is 5.56 Å². The fourth-order valence-corrected chi connectivity index (χ4v) is 2.29. The van der Waals surface area contributed by atoms with E-state index in [2.05, 4.69) is 5.10 Å². The Morgan fingerprint density at radius 3 is 2.70 bits per heavy atom. The topological polar surface area (TPSA) is 78.0 Å². The molecule has 0 saturated heterocycles. The molecule has 1 aromatic heterocycles. The van der Waals surface area contributed by atoms with Gasteiger partial charge >= 0.3 is 0 Å². The lowest BCUT2D eigenvalue weighted by Crippen LogP contribution is -2.11. The van der Waals surface area contributed by atoms with Crippen LogP contribution in [-0.2, 0) is 16.4 Å². The molecular weight excluding hydrogens is 281 g/mol. The van der Waals surface area contributed by atoms with E-state index in [0.29, 0.717) is 22.5 Å². The smallest absolute Gasteiger partial charge is 0.149 e. The van der Waals surface area contributed by atoms with Crippen molar-refractivity contribution in [2.24, 2.45) is 0 Å². The van der Waals surface area contributed by atoms with E-state index in [9.17, 15) is 12.8 Å². The van der Waals surface area contributed by atoms with Gasteiger partial charge in [-0.25, -0.2) is 12.8 Å². The predicted octanol–water partition coefficient (Wildman–Crippen LogP) is 1.62. The van der Waals surface area contributed by atoms with Crippen LogP contribution in [0.15, 0.2) is 24.4 Å². The molecule has 2 rings (SSSR count). The molecule has 0 amide bonds. The van der Waals surface area contributed by atoms with E-state index in [1.165, 1.54) is 10.7 Å². The van der Waals surface area contributed by atoms with Gasteiger partial charge in [0.15, 0.2) is 0 Å². The monoisotopic (exact) mass is 297 g/mol. The third kappa shape index (κ3) is 3.36. The molecule has 1 heterocycles. The summed E-state index contributed by atoms with van der Waals surface area (Å²) in [7, 11) is -3.06. The molecule has 0 aliphatic rings. The molecule has 0 spiro atoms. The first-order chi connectivity index (χ1) is 9.26. The molecule has 0 atom stereocenters. The number of rotatable bonds is 4. The summed E-state index contributed by atoms with van der Waals surface area (Å²) in [6.45, 7) is 1.89. The molecule has 2 aromatic rings. The number of anilines is 1. The van der Waals surface area contributed by atoms with Crippen LogP contribution in [0.3, 0.4) is 0 Å². The molecule has 0 fully saturated rings. The summed E-state index contributed by atoms with van der Waals surface area (Å²) < 4.78 is 37.3. The van der Waals surface area contributed by atoms with Crippen LogP contribution in [0.25, 0.3) is 11.3 Å². The number of nitrogen functional groups attached to an aromatic ring is 1. The van der Waals surface area contributed by atoms with Crippen molar-refractivity contribution in [2.45, 2.75) is 13.5 Å². The summed E-state index contributed by atoms with van der Waals surface area (Å²) in [5.74, 6) is -0.344. The summed E-state index contributed by atoms with van der Waals surface area (Å²) >= 11 is 0. The Balaban J connectivity index is 2.29. The Labute approximate surface area is 117 Å². The summed E-state index contributed by atoms with van der Waals surface area (Å²) in [6.07, 6.45) is 2.72. The van der Waals surface area contributed by atoms with Gasteiger partial charge in [-0.15, -0.1) is 0 Å². The van der Waals surface area contributed by atoms with Gasteiger partial charge in [0, 0.05) is 18.0 Å². The lowest BCUT2D eigenvalue weighted by Gasteiger charge is -2.02. The number of halogens is 1. The largest absolute Gasteiger partial charge is 0.396 e. The van der Waals surface area contributed by atoms with E-state index in [1.54, 1.807) is 25.3 Å². The number of sulfone groups is 1. The number of hydrogen-bond donors (Lipinski definition) is 1. The van der Waals surface area contributed by atoms with E-state index in [0.717, 1.165) is 6.26 Å². The van der Waals surface area contributed by atoms with Crippen LogP contribution in [-0.4, -0.2) is 30.2 Å². The SMILES string of the molecule is Cc1ccc(-c2nn(CCS(C)(=O)=O)cc2N)cc1F. The lowest BCUT2D eigenvalue weighted by atomic mass is 10.1. The Kier molecular flexibility index (Phi) is 3.80. The number of benzene rings is 1. The van der Waals surface area contributed by atoms with Gasteiger partial charge in [0.25, 0.3) is 0 Å². The highest BCUT2D eigenvalue weighted by molar-refractivity contribution is 7.90. The normalized spacial score (nSPS) is 11.8. The van der Waals surface area contributed by atoms with E-state index in [1.807, 2.05) is 0 Å². The third-order valence-electron chi connectivity index (χ3n) is 2.93. The molecule has 1 aromatic carbocycles. The Morgan fingerprint density at radius 2 is 2.10 bits per heavy atom. The number of hydrogen-bond acceptors (Lipinski definition) is 4. The molecule has 7 heteroatoms. The van der Waals surface area contributed by atoms with Gasteiger partial charge in [0.1, 0.15) is 21.3 Å². The van der Waals surface area contributed by atoms with Crippen molar-refractivity contribution >= 4 is 15.5 Å². The maximum atomic E-state index is 13.6. The predicted molar refractivity (Wildman–Crippen MR) is 76.5 cm³/mol. The molecule has 5 nitrogen and oxygen atoms in total. The zero-order chi connectivity index (χ0) is 14.9. The van der Waals surface area contributed by atoms with Crippen LogP contribution in [0.4, 0.5) is 10.1 Å². The number of nitrogens with zero attached hydrogens (tertiary/aromatic N) is 2. The second-order valence-corrected chi connectivity index (χ2v) is 7.05. The van der Waals surface area contributed by atoms with E-state index < -0.39 is 9.84 Å². The highest BCUT2D eigenvalue weighted by Crippen LogP contribution is 2.25. The van der Waals surface area contributed by atoms with Gasteiger partial charge in [-0.1, -0.05) is 12.1 Å². The fraction of sp³-hybridized carbons (Fsp3) is 0.308. The quantitative estimate of drug-likeness (QED) is 0.930. The second kappa shape index (κ2) is 5.24. The van der Waals surface area contributed by atoms with Crippen LogP contribution >= 0.6 is 0 Å². The van der Waals surface area contributed by atoms with Crippen LogP contribution in [0, 0.1) is 12.7 Å². The molecule has 0 radical (unpaired) electrons. The van der Waals surface area contributed by atoms with Crippen molar-refractivity contribution in [3.63, 3.8) is 0 Å². The molecule has 0 saturated carbocycles. The van der Waals surface area contributed by atoms with Crippen molar-refractivity contribution in [3.8, 4) is 11.3 Å². The Bertz CT molecular complexity index is 738. The van der Waals surface area contributed by atoms with Crippen molar-refractivity contribution in [3.05, 3.63) is 35.8 Å². The Morgan fingerprint density at radius 1 is 1.40 bits per heavy atom. The van der Waals surface area contributed by atoms with Gasteiger partial charge < -0.3 is 5.73 Å². The average Bonchev–Trinajstić information content (AvgIpc) is 2.71. The second-order valence-electron chi connectivity index (χ2n) is 4.79. The van der Waals surface area contributed by atoms with Gasteiger partial charge in [-0.2, -0.15) is 5.10 Å². The van der Waals surface area contributed by atoms with Crippen LogP contribution < -0.4 is 5.73 Å². The molecule has 0 aliphatic carbocycles. The van der Waals surface area contributed by atoms with Gasteiger partial charge in [-0.05, 0) is 18.6 Å². The number of aryl methyl sites for hydroxylation is 2. The van der Waals surface area contributed by atoms with Crippen LogP contribution in [0.5, 0.6) is 0 Å². The summed E-state index contributed by atoms with van der Waals surface area (Å²) in [5.41, 5.74) is 7.81. The first kappa shape index (κ1) is 14.5. The van der Waals surface area contributed by atoms with Gasteiger partial charge in [0.05, 0.1) is 18.0 Å². The molecule has 108 valence electrons. The molecule has 0 bridgehead atoms. The van der Waals surface area contributed by atoms with E-state index in [-0.39, 0.29) is 18.1 Å². The first-order valence-electron chi connectivity index (χ1n) is 6.03. The lowest BCUT2D eigenvalue weighted by molar-refractivity contribution is 0.586. The molecule has 0 unspecified atom stereocenters. The standard InChI is InChI=1S/C13H16FN3O2S/c1-9-3-4-10(7-11(9)14)13-12(15)8-17(16-13)5-6-20(2,18)19/h3-4,7-8H,5-6,15H2,1-2H3. The minimum absolute atomic E-state index is 0.0180. The minimum atomic E-state index is -3.06. The average molecular weight is 297 g/mol. The van der Waals surface area contributed by atoms with E-state index in [4.69, 9.17) is 5.73 Å². The summed E-state index contributed by atoms with van der Waals surface area (Å²) in [6, 6.07) is 4.76. The van der Waals surface area contributed by atoms with Crippen molar-refractivity contribution in [1.82, 2.24) is 9.78 Å². The molecule has 20 heavy (non-hydrogen) atoms. The number of nitrogens with two attached hydrogens (primary N) is 1. The first-order valence-corrected chi connectivity index (χ1v) is 8.09. The van der Waals surface area contributed by atoms with Crippen molar-refractivity contribution < 1.29 is 12.8 Å². The summed E-state index contributed by atoms with van der Waals surface area (Å²) in [5, 5.41) is 4.21. The van der Waals surface area contributed by atoms with E-state index >= 15 is 0 Å². The van der Waals surface area contributed by atoms with Gasteiger partial charge in [-0.3, -0.25) is 4.68 Å². The van der Waals surface area contributed by atoms with Crippen LogP contribution in [0.2, 0.25) is 0 Å². The highest BCUT2D eigenvalue weighted by Gasteiger charge is 2.11.